The highest BCUT2D eigenvalue weighted by Gasteiger charge is 2.10. The molecule has 0 amide bonds. The van der Waals surface area contributed by atoms with Crippen LogP contribution in [-0.4, -0.2) is 26.9 Å². The van der Waals surface area contributed by atoms with Crippen molar-refractivity contribution in [3.05, 3.63) is 16.8 Å². The minimum atomic E-state index is 0.654. The van der Waals surface area contributed by atoms with Crippen LogP contribution in [0.4, 0.5) is 0 Å². The van der Waals surface area contributed by atoms with Gasteiger partial charge in [0.15, 0.2) is 0 Å². The molecule has 0 aromatic carbocycles. The van der Waals surface area contributed by atoms with Gasteiger partial charge >= 0.3 is 0 Å². The maximum atomic E-state index is 5.50. The van der Waals surface area contributed by atoms with Gasteiger partial charge in [-0.3, -0.25) is 0 Å². The van der Waals surface area contributed by atoms with E-state index in [1.54, 1.807) is 17.5 Å². The van der Waals surface area contributed by atoms with Crippen LogP contribution in [0.15, 0.2) is 6.20 Å². The lowest BCUT2D eigenvalue weighted by molar-refractivity contribution is 0.941. The number of H-pyrrole nitrogens is 1. The van der Waals surface area contributed by atoms with E-state index in [4.69, 9.17) is 5.73 Å². The Balaban J connectivity index is 2.33. The van der Waals surface area contributed by atoms with Crippen molar-refractivity contribution >= 4 is 11.3 Å². The number of nitrogens with one attached hydrogen (secondary N) is 1. The smallest absolute Gasteiger partial charge is 0.145 e. The van der Waals surface area contributed by atoms with Gasteiger partial charge in [-0.25, -0.2) is 4.98 Å². The number of aromatic amines is 1. The highest BCUT2D eigenvalue weighted by molar-refractivity contribution is 7.15. The molecule has 6 heteroatoms. The maximum Gasteiger partial charge on any atom is 0.145 e. The lowest BCUT2D eigenvalue weighted by Crippen LogP contribution is -2.01. The quantitative estimate of drug-likeness (QED) is 0.781. The molecule has 3 N–H and O–H groups in total. The van der Waals surface area contributed by atoms with E-state index in [2.05, 4.69) is 20.4 Å². The minimum Gasteiger partial charge on any atom is -0.330 e. The van der Waals surface area contributed by atoms with Crippen LogP contribution in [-0.2, 0) is 6.42 Å². The van der Waals surface area contributed by atoms with Gasteiger partial charge in [0, 0.05) is 4.88 Å². The summed E-state index contributed by atoms with van der Waals surface area (Å²) in [6.07, 6.45) is 2.55. The number of hydrogen-bond donors (Lipinski definition) is 2. The van der Waals surface area contributed by atoms with E-state index in [9.17, 15) is 0 Å². The van der Waals surface area contributed by atoms with Gasteiger partial charge in [0.1, 0.15) is 10.7 Å². The van der Waals surface area contributed by atoms with Crippen molar-refractivity contribution in [3.63, 3.8) is 0 Å². The number of aromatic nitrogens is 4. The molecule has 0 atom stereocenters. The minimum absolute atomic E-state index is 0.654. The zero-order valence-electron chi connectivity index (χ0n) is 7.82. The maximum absolute atomic E-state index is 5.50. The lowest BCUT2D eigenvalue weighted by Gasteiger charge is -1.90. The summed E-state index contributed by atoms with van der Waals surface area (Å²) >= 11 is 1.63. The van der Waals surface area contributed by atoms with Crippen LogP contribution in [0.1, 0.15) is 10.6 Å². The highest BCUT2D eigenvalue weighted by Crippen LogP contribution is 2.25. The Morgan fingerprint density at radius 1 is 1.57 bits per heavy atom. The molecule has 5 nitrogen and oxygen atoms in total. The largest absolute Gasteiger partial charge is 0.330 e. The summed E-state index contributed by atoms with van der Waals surface area (Å²) in [4.78, 5) is 5.64. The molecule has 0 saturated heterocycles. The van der Waals surface area contributed by atoms with Crippen LogP contribution in [0.3, 0.4) is 0 Å². The molecule has 2 rings (SSSR count). The van der Waals surface area contributed by atoms with Crippen molar-refractivity contribution in [1.82, 2.24) is 20.4 Å². The second kappa shape index (κ2) is 3.85. The monoisotopic (exact) mass is 209 g/mol. The molecular weight excluding hydrogens is 198 g/mol. The van der Waals surface area contributed by atoms with Crippen LogP contribution in [0, 0.1) is 6.92 Å². The Morgan fingerprint density at radius 2 is 2.43 bits per heavy atom. The fourth-order valence-corrected chi connectivity index (χ4v) is 2.24. The van der Waals surface area contributed by atoms with E-state index < -0.39 is 0 Å². The molecule has 0 fully saturated rings. The summed E-state index contributed by atoms with van der Waals surface area (Å²) < 4.78 is 0. The molecule has 2 aromatic rings. The van der Waals surface area contributed by atoms with Gasteiger partial charge < -0.3 is 5.73 Å². The van der Waals surface area contributed by atoms with E-state index in [0.29, 0.717) is 6.54 Å². The number of nitrogens with zero attached hydrogens (tertiary/aromatic N) is 3. The molecule has 0 aliphatic heterocycles. The van der Waals surface area contributed by atoms with Crippen molar-refractivity contribution in [3.8, 4) is 10.7 Å². The van der Waals surface area contributed by atoms with Gasteiger partial charge in [0.2, 0.25) is 0 Å². The molecule has 0 unspecified atom stereocenters. The molecule has 0 saturated carbocycles. The predicted octanol–water partition coefficient (Wildman–Crippen LogP) is 0.738. The highest BCUT2D eigenvalue weighted by atomic mass is 32.1. The van der Waals surface area contributed by atoms with Gasteiger partial charge in [-0.05, 0) is 19.9 Å². The summed E-state index contributed by atoms with van der Waals surface area (Å²) in [6.45, 7) is 2.65. The van der Waals surface area contributed by atoms with Crippen LogP contribution in [0.25, 0.3) is 10.7 Å². The summed E-state index contributed by atoms with van der Waals surface area (Å²) in [5.41, 5.74) is 7.34. The van der Waals surface area contributed by atoms with Gasteiger partial charge in [0.05, 0.1) is 11.9 Å². The average Bonchev–Trinajstić information content (AvgIpc) is 2.76. The van der Waals surface area contributed by atoms with Crippen molar-refractivity contribution in [2.24, 2.45) is 5.73 Å². The first-order chi connectivity index (χ1) is 6.81. The average molecular weight is 209 g/mol. The Morgan fingerprint density at radius 3 is 3.07 bits per heavy atom. The summed E-state index contributed by atoms with van der Waals surface area (Å²) in [7, 11) is 0. The normalized spacial score (nSPS) is 10.7. The van der Waals surface area contributed by atoms with E-state index in [-0.39, 0.29) is 0 Å². The molecule has 2 heterocycles. The molecule has 0 aliphatic rings. The van der Waals surface area contributed by atoms with Gasteiger partial charge in [-0.15, -0.1) is 11.3 Å². The molecule has 74 valence electrons. The SMILES string of the molecule is Cc1nc(-c2cn[nH]n2)sc1CCN. The Labute approximate surface area is 85.4 Å². The van der Waals surface area contributed by atoms with Crippen LogP contribution >= 0.6 is 11.3 Å². The van der Waals surface area contributed by atoms with Gasteiger partial charge in [-0.1, -0.05) is 0 Å². The predicted molar refractivity (Wildman–Crippen MR) is 55.0 cm³/mol. The second-order valence-electron chi connectivity index (χ2n) is 2.92. The summed E-state index contributed by atoms with van der Waals surface area (Å²) in [5, 5.41) is 11.2. The van der Waals surface area contributed by atoms with Crippen LogP contribution in [0.5, 0.6) is 0 Å². The molecule has 0 bridgehead atoms. The zero-order valence-corrected chi connectivity index (χ0v) is 8.64. The second-order valence-corrected chi connectivity index (χ2v) is 4.01. The third-order valence-electron chi connectivity index (χ3n) is 1.90. The Hall–Kier alpha value is -1.27. The molecular formula is C8H11N5S. The molecule has 0 radical (unpaired) electrons. The fourth-order valence-electron chi connectivity index (χ4n) is 1.21. The molecule has 14 heavy (non-hydrogen) atoms. The lowest BCUT2D eigenvalue weighted by atomic mass is 10.3. The van der Waals surface area contributed by atoms with Crippen LogP contribution < -0.4 is 5.73 Å². The first kappa shape index (κ1) is 9.29. The molecule has 0 aliphatic carbocycles. The van der Waals surface area contributed by atoms with Crippen molar-refractivity contribution in [2.75, 3.05) is 6.54 Å². The first-order valence-electron chi connectivity index (χ1n) is 4.33. The van der Waals surface area contributed by atoms with Crippen molar-refractivity contribution < 1.29 is 0 Å². The summed E-state index contributed by atoms with van der Waals surface area (Å²) in [6, 6.07) is 0. The number of aryl methyl sites for hydroxylation is 1. The number of nitrogens with two attached hydrogens (primary N) is 1. The van der Waals surface area contributed by atoms with Gasteiger partial charge in [0.25, 0.3) is 0 Å². The molecule has 0 spiro atoms. The third-order valence-corrected chi connectivity index (χ3v) is 3.14. The van der Waals surface area contributed by atoms with Crippen LogP contribution in [0.2, 0.25) is 0 Å². The standard InChI is InChI=1S/C8H11N5S/c1-5-7(2-3-9)14-8(11-5)6-4-10-13-12-6/h4H,2-3,9H2,1H3,(H,10,12,13). The first-order valence-corrected chi connectivity index (χ1v) is 5.15. The van der Waals surface area contributed by atoms with E-state index in [1.165, 1.54) is 4.88 Å². The zero-order chi connectivity index (χ0) is 9.97. The van der Waals surface area contributed by atoms with E-state index in [0.717, 1.165) is 22.8 Å². The third kappa shape index (κ3) is 1.66. The van der Waals surface area contributed by atoms with E-state index in [1.807, 2.05) is 6.92 Å². The van der Waals surface area contributed by atoms with Crippen molar-refractivity contribution in [1.29, 1.82) is 0 Å². The number of thiazole rings is 1. The van der Waals surface area contributed by atoms with Crippen molar-refractivity contribution in [2.45, 2.75) is 13.3 Å². The van der Waals surface area contributed by atoms with E-state index >= 15 is 0 Å². The van der Waals surface area contributed by atoms with Gasteiger partial charge in [-0.2, -0.15) is 15.4 Å². The number of hydrogen-bond acceptors (Lipinski definition) is 5. The Kier molecular flexibility index (Phi) is 2.55. The fraction of sp³-hybridized carbons (Fsp3) is 0.375. The topological polar surface area (TPSA) is 80.5 Å². The number of rotatable bonds is 3. The molecule has 2 aromatic heterocycles. The Bertz CT molecular complexity index is 405. The summed E-state index contributed by atoms with van der Waals surface area (Å²) in [5.74, 6) is 0.